The molecule has 1 heterocycles. The van der Waals surface area contributed by atoms with Crippen molar-refractivity contribution in [2.24, 2.45) is 7.05 Å². The van der Waals surface area contributed by atoms with E-state index in [9.17, 15) is 14.9 Å². The molecule has 1 atom stereocenters. The number of amides is 1. The van der Waals surface area contributed by atoms with Gasteiger partial charge in [0.2, 0.25) is 5.91 Å². The molecule has 1 unspecified atom stereocenters. The number of benzene rings is 2. The number of rotatable bonds is 8. The molecule has 3 aromatic rings. The molecule has 0 radical (unpaired) electrons. The summed E-state index contributed by atoms with van der Waals surface area (Å²) in [6.07, 6.45) is -0.469. The molecule has 1 aromatic heterocycles. The third-order valence-electron chi connectivity index (χ3n) is 4.19. The number of halogens is 3. The molecule has 2 aromatic carbocycles. The van der Waals surface area contributed by atoms with E-state index in [0.29, 0.717) is 26.8 Å². The molecular weight excluding hydrogens is 501 g/mol. The second-order valence-electron chi connectivity index (χ2n) is 6.49. The number of carbonyl (C=O) groups excluding carboxylic acids is 1. The van der Waals surface area contributed by atoms with Crippen molar-refractivity contribution in [3.05, 3.63) is 67.4 Å². The zero-order chi connectivity index (χ0) is 23.4. The van der Waals surface area contributed by atoms with Crippen molar-refractivity contribution in [3.63, 3.8) is 0 Å². The summed E-state index contributed by atoms with van der Waals surface area (Å²) in [6.45, 7) is 1.80. The standard InChI is InChI=1S/C19H16Cl3N5O4S/c1-10(31-16-6-3-11(20)7-14(16)22)18-24-25-19(26(18)2)32-9-17(28)23-12-4-5-13(21)15(8-12)27(29)30/h3-8,10H,9H2,1-2H3,(H,23,28). The molecule has 13 heteroatoms. The van der Waals surface area contributed by atoms with Gasteiger partial charge in [-0.05, 0) is 37.3 Å². The summed E-state index contributed by atoms with van der Waals surface area (Å²) < 4.78 is 7.56. The minimum atomic E-state index is -0.617. The molecule has 0 saturated carbocycles. The second kappa shape index (κ2) is 10.4. The fraction of sp³-hybridized carbons (Fsp3) is 0.211. The quantitative estimate of drug-likeness (QED) is 0.237. The highest BCUT2D eigenvalue weighted by atomic mass is 35.5. The van der Waals surface area contributed by atoms with Crippen LogP contribution in [-0.2, 0) is 11.8 Å². The van der Waals surface area contributed by atoms with E-state index >= 15 is 0 Å². The number of nitro benzene ring substituents is 1. The van der Waals surface area contributed by atoms with Crippen molar-refractivity contribution in [2.45, 2.75) is 18.2 Å². The highest BCUT2D eigenvalue weighted by Gasteiger charge is 2.19. The van der Waals surface area contributed by atoms with Gasteiger partial charge in [-0.3, -0.25) is 14.9 Å². The fourth-order valence-corrected chi connectivity index (χ4v) is 4.04. The van der Waals surface area contributed by atoms with E-state index in [0.717, 1.165) is 11.8 Å². The van der Waals surface area contributed by atoms with Crippen LogP contribution in [0.2, 0.25) is 15.1 Å². The van der Waals surface area contributed by atoms with Crippen LogP contribution < -0.4 is 10.1 Å². The van der Waals surface area contributed by atoms with Gasteiger partial charge in [0.1, 0.15) is 10.8 Å². The van der Waals surface area contributed by atoms with Crippen LogP contribution >= 0.6 is 46.6 Å². The van der Waals surface area contributed by atoms with E-state index < -0.39 is 11.0 Å². The van der Waals surface area contributed by atoms with Crippen LogP contribution in [0.1, 0.15) is 18.9 Å². The van der Waals surface area contributed by atoms with Gasteiger partial charge in [-0.15, -0.1) is 10.2 Å². The first-order valence-electron chi connectivity index (χ1n) is 9.03. The van der Waals surface area contributed by atoms with E-state index in [1.54, 1.807) is 36.7 Å². The van der Waals surface area contributed by atoms with Crippen molar-refractivity contribution >= 4 is 63.8 Å². The van der Waals surface area contributed by atoms with Crippen LogP contribution in [0, 0.1) is 10.1 Å². The van der Waals surface area contributed by atoms with Gasteiger partial charge in [-0.25, -0.2) is 0 Å². The molecule has 1 N–H and O–H groups in total. The molecule has 168 valence electrons. The first-order chi connectivity index (χ1) is 15.2. The fourth-order valence-electron chi connectivity index (χ4n) is 2.68. The van der Waals surface area contributed by atoms with Crippen LogP contribution in [0.15, 0.2) is 41.6 Å². The third-order valence-corrected chi connectivity index (χ3v) is 6.06. The lowest BCUT2D eigenvalue weighted by Crippen LogP contribution is -2.15. The Kier molecular flexibility index (Phi) is 7.83. The average molecular weight is 517 g/mol. The molecule has 0 fully saturated rings. The molecule has 0 aliphatic carbocycles. The van der Waals surface area contributed by atoms with Gasteiger partial charge in [0.15, 0.2) is 17.1 Å². The Morgan fingerprint density at radius 3 is 2.66 bits per heavy atom. The van der Waals surface area contributed by atoms with Crippen molar-refractivity contribution in [3.8, 4) is 5.75 Å². The van der Waals surface area contributed by atoms with E-state index in [-0.39, 0.29) is 28.1 Å². The summed E-state index contributed by atoms with van der Waals surface area (Å²) in [6, 6.07) is 8.95. The zero-order valence-corrected chi connectivity index (χ0v) is 19.8. The second-order valence-corrected chi connectivity index (χ2v) is 8.69. The Morgan fingerprint density at radius 2 is 1.97 bits per heavy atom. The van der Waals surface area contributed by atoms with Gasteiger partial charge in [0, 0.05) is 23.8 Å². The molecule has 32 heavy (non-hydrogen) atoms. The number of nitrogens with one attached hydrogen (secondary N) is 1. The minimum absolute atomic E-state index is 0.00906. The van der Waals surface area contributed by atoms with E-state index in [1.165, 1.54) is 18.2 Å². The normalized spacial score (nSPS) is 11.8. The molecule has 0 aliphatic rings. The number of ether oxygens (including phenoxy) is 1. The summed E-state index contributed by atoms with van der Waals surface area (Å²) in [5.41, 5.74) is -0.0166. The predicted octanol–water partition coefficient (Wildman–Crippen LogP) is 5.55. The topological polar surface area (TPSA) is 112 Å². The minimum Gasteiger partial charge on any atom is -0.481 e. The molecule has 9 nitrogen and oxygen atoms in total. The summed E-state index contributed by atoms with van der Waals surface area (Å²) in [4.78, 5) is 22.6. The molecular formula is C19H16Cl3N5O4S. The Labute approximate surface area is 202 Å². The van der Waals surface area contributed by atoms with Crippen LogP contribution in [-0.4, -0.2) is 31.3 Å². The molecule has 0 saturated heterocycles. The van der Waals surface area contributed by atoms with Gasteiger partial charge < -0.3 is 14.6 Å². The first kappa shape index (κ1) is 24.1. The summed E-state index contributed by atoms with van der Waals surface area (Å²) in [5, 5.41) is 23.2. The van der Waals surface area contributed by atoms with Crippen LogP contribution in [0.25, 0.3) is 0 Å². The maximum atomic E-state index is 12.3. The Morgan fingerprint density at radius 1 is 1.22 bits per heavy atom. The Hall–Kier alpha value is -2.53. The number of carbonyl (C=O) groups is 1. The largest absolute Gasteiger partial charge is 0.481 e. The van der Waals surface area contributed by atoms with Crippen molar-refractivity contribution < 1.29 is 14.5 Å². The first-order valence-corrected chi connectivity index (χ1v) is 11.1. The van der Waals surface area contributed by atoms with E-state index in [1.807, 2.05) is 0 Å². The predicted molar refractivity (Wildman–Crippen MR) is 124 cm³/mol. The summed E-state index contributed by atoms with van der Waals surface area (Å²) >= 11 is 19.0. The number of nitro groups is 1. The van der Waals surface area contributed by atoms with Gasteiger partial charge in [-0.2, -0.15) is 0 Å². The van der Waals surface area contributed by atoms with Crippen LogP contribution in [0.5, 0.6) is 5.75 Å². The van der Waals surface area contributed by atoms with Crippen molar-refractivity contribution in [2.75, 3.05) is 11.1 Å². The summed E-state index contributed by atoms with van der Waals surface area (Å²) in [7, 11) is 1.75. The summed E-state index contributed by atoms with van der Waals surface area (Å²) in [5.74, 6) is 0.638. The van der Waals surface area contributed by atoms with E-state index in [4.69, 9.17) is 39.5 Å². The van der Waals surface area contributed by atoms with Crippen LogP contribution in [0.3, 0.4) is 0 Å². The number of thioether (sulfide) groups is 1. The lowest BCUT2D eigenvalue weighted by Gasteiger charge is -2.15. The highest BCUT2D eigenvalue weighted by Crippen LogP contribution is 2.32. The maximum absolute atomic E-state index is 12.3. The molecule has 3 rings (SSSR count). The molecule has 0 bridgehead atoms. The average Bonchev–Trinajstić information content (AvgIpc) is 3.10. The number of hydrogen-bond acceptors (Lipinski definition) is 7. The zero-order valence-electron chi connectivity index (χ0n) is 16.7. The molecule has 0 aliphatic heterocycles. The van der Waals surface area contributed by atoms with Gasteiger partial charge in [-0.1, -0.05) is 46.6 Å². The monoisotopic (exact) mass is 515 g/mol. The van der Waals surface area contributed by atoms with Crippen LogP contribution in [0.4, 0.5) is 11.4 Å². The van der Waals surface area contributed by atoms with Gasteiger partial charge >= 0.3 is 0 Å². The number of hydrogen-bond donors (Lipinski definition) is 1. The van der Waals surface area contributed by atoms with Crippen molar-refractivity contribution in [1.29, 1.82) is 0 Å². The van der Waals surface area contributed by atoms with Gasteiger partial charge in [0.25, 0.3) is 5.69 Å². The number of anilines is 1. The maximum Gasteiger partial charge on any atom is 0.289 e. The Balaban J connectivity index is 1.61. The smallest absolute Gasteiger partial charge is 0.289 e. The lowest BCUT2D eigenvalue weighted by molar-refractivity contribution is -0.384. The van der Waals surface area contributed by atoms with Crippen molar-refractivity contribution in [1.82, 2.24) is 14.8 Å². The molecule has 0 spiro atoms. The van der Waals surface area contributed by atoms with E-state index in [2.05, 4.69) is 15.5 Å². The highest BCUT2D eigenvalue weighted by molar-refractivity contribution is 7.99. The molecule has 1 amide bonds. The number of aromatic nitrogens is 3. The number of nitrogens with zero attached hydrogens (tertiary/aromatic N) is 4. The third kappa shape index (κ3) is 5.83. The SMILES string of the molecule is CC(Oc1ccc(Cl)cc1Cl)c1nnc(SCC(=O)Nc2ccc(Cl)c([N+](=O)[O-])c2)n1C. The lowest BCUT2D eigenvalue weighted by atomic mass is 10.3. The van der Waals surface area contributed by atoms with Gasteiger partial charge in [0.05, 0.1) is 15.7 Å². The Bertz CT molecular complexity index is 1170.